The van der Waals surface area contributed by atoms with Crippen molar-refractivity contribution in [3.63, 3.8) is 0 Å². The fourth-order valence-electron chi connectivity index (χ4n) is 2.02. The SMILES string of the molecule is C1=CC(c2cccc(-c3ccccc3)n2)=NCC1. The molecule has 2 heteroatoms. The van der Waals surface area contributed by atoms with Crippen LogP contribution in [0.3, 0.4) is 0 Å². The van der Waals surface area contributed by atoms with Crippen molar-refractivity contribution >= 4 is 5.71 Å². The zero-order valence-electron chi connectivity index (χ0n) is 10.1. The van der Waals surface area contributed by atoms with Crippen LogP contribution in [0, 0.1) is 0 Å². The molecule has 88 valence electrons. The number of aromatic nitrogens is 1. The number of benzene rings is 1. The highest BCUT2D eigenvalue weighted by Crippen LogP contribution is 2.17. The van der Waals surface area contributed by atoms with E-state index in [0.29, 0.717) is 0 Å². The number of dihydropyridines is 1. The van der Waals surface area contributed by atoms with E-state index in [4.69, 9.17) is 0 Å². The second-order valence-corrected chi connectivity index (χ2v) is 4.23. The number of hydrogen-bond donors (Lipinski definition) is 0. The lowest BCUT2D eigenvalue weighted by Crippen LogP contribution is -2.05. The maximum absolute atomic E-state index is 4.68. The average Bonchev–Trinajstić information content (AvgIpc) is 2.49. The zero-order valence-corrected chi connectivity index (χ0v) is 10.1. The molecule has 0 fully saturated rings. The van der Waals surface area contributed by atoms with Crippen LogP contribution in [0.25, 0.3) is 11.3 Å². The number of aliphatic imine (C=N–C) groups is 1. The molecule has 1 aliphatic rings. The summed E-state index contributed by atoms with van der Waals surface area (Å²) in [5, 5.41) is 0. The largest absolute Gasteiger partial charge is 0.283 e. The standard InChI is InChI=1S/C16H14N2/c1-2-7-13(8-3-1)14-10-6-11-16(18-14)15-9-4-5-12-17-15/h1-4,6-11H,5,12H2. The predicted octanol–water partition coefficient (Wildman–Crippen LogP) is 3.50. The Labute approximate surface area is 107 Å². The van der Waals surface area contributed by atoms with Crippen molar-refractivity contribution in [2.75, 3.05) is 6.54 Å². The summed E-state index contributed by atoms with van der Waals surface area (Å²) >= 11 is 0. The van der Waals surface area contributed by atoms with E-state index in [1.807, 2.05) is 36.4 Å². The normalized spacial score (nSPS) is 14.3. The fourth-order valence-corrected chi connectivity index (χ4v) is 2.02. The van der Waals surface area contributed by atoms with Gasteiger partial charge in [0.25, 0.3) is 0 Å². The average molecular weight is 234 g/mol. The van der Waals surface area contributed by atoms with Crippen LogP contribution in [0.5, 0.6) is 0 Å². The van der Waals surface area contributed by atoms with Crippen molar-refractivity contribution in [1.29, 1.82) is 0 Å². The van der Waals surface area contributed by atoms with Crippen molar-refractivity contribution in [1.82, 2.24) is 4.98 Å². The van der Waals surface area contributed by atoms with E-state index >= 15 is 0 Å². The minimum absolute atomic E-state index is 0.864. The topological polar surface area (TPSA) is 25.2 Å². The van der Waals surface area contributed by atoms with E-state index in [-0.39, 0.29) is 0 Å². The number of allylic oxidation sites excluding steroid dienone is 1. The molecule has 1 aromatic heterocycles. The molecule has 0 amide bonds. The first-order valence-electron chi connectivity index (χ1n) is 6.17. The molecule has 0 atom stereocenters. The lowest BCUT2D eigenvalue weighted by atomic mass is 10.1. The van der Waals surface area contributed by atoms with E-state index < -0.39 is 0 Å². The van der Waals surface area contributed by atoms with Gasteiger partial charge in [0.2, 0.25) is 0 Å². The summed E-state index contributed by atoms with van der Waals surface area (Å²) < 4.78 is 0. The van der Waals surface area contributed by atoms with Gasteiger partial charge in [-0.15, -0.1) is 0 Å². The number of rotatable bonds is 2. The lowest BCUT2D eigenvalue weighted by molar-refractivity contribution is 0.991. The maximum Gasteiger partial charge on any atom is 0.0889 e. The smallest absolute Gasteiger partial charge is 0.0889 e. The van der Waals surface area contributed by atoms with Crippen LogP contribution in [0.1, 0.15) is 12.1 Å². The summed E-state index contributed by atoms with van der Waals surface area (Å²) in [6.45, 7) is 0.864. The Balaban J connectivity index is 1.99. The van der Waals surface area contributed by atoms with Crippen LogP contribution in [0.2, 0.25) is 0 Å². The molecule has 0 saturated carbocycles. The molecule has 3 rings (SSSR count). The fraction of sp³-hybridized carbons (Fsp3) is 0.125. The molecule has 0 aliphatic carbocycles. The minimum atomic E-state index is 0.864. The van der Waals surface area contributed by atoms with Crippen molar-refractivity contribution in [3.05, 3.63) is 66.4 Å². The maximum atomic E-state index is 4.68. The Morgan fingerprint density at radius 2 is 1.67 bits per heavy atom. The van der Waals surface area contributed by atoms with Gasteiger partial charge in [-0.1, -0.05) is 42.5 Å². The molecular weight excluding hydrogens is 220 g/mol. The highest BCUT2D eigenvalue weighted by atomic mass is 14.8. The number of pyridine rings is 1. The Kier molecular flexibility index (Phi) is 3.01. The second kappa shape index (κ2) is 4.96. The number of hydrogen-bond acceptors (Lipinski definition) is 2. The van der Waals surface area contributed by atoms with E-state index in [1.165, 1.54) is 0 Å². The second-order valence-electron chi connectivity index (χ2n) is 4.23. The van der Waals surface area contributed by atoms with Gasteiger partial charge in [0.05, 0.1) is 17.1 Å². The van der Waals surface area contributed by atoms with Gasteiger partial charge in [-0.2, -0.15) is 0 Å². The molecule has 0 bridgehead atoms. The highest BCUT2D eigenvalue weighted by Gasteiger charge is 2.06. The molecule has 2 nitrogen and oxygen atoms in total. The van der Waals surface area contributed by atoms with E-state index in [9.17, 15) is 0 Å². The van der Waals surface area contributed by atoms with Gasteiger partial charge in [0.1, 0.15) is 0 Å². The Morgan fingerprint density at radius 1 is 0.833 bits per heavy atom. The monoisotopic (exact) mass is 234 g/mol. The van der Waals surface area contributed by atoms with Crippen LogP contribution in [0.15, 0.2) is 65.7 Å². The number of nitrogens with zero attached hydrogens (tertiary/aromatic N) is 2. The molecule has 0 N–H and O–H groups in total. The molecule has 2 heterocycles. The van der Waals surface area contributed by atoms with Gasteiger partial charge >= 0.3 is 0 Å². The molecular formula is C16H14N2. The third-order valence-electron chi connectivity index (χ3n) is 2.93. The van der Waals surface area contributed by atoms with E-state index in [2.05, 4.69) is 34.3 Å². The summed E-state index contributed by atoms with van der Waals surface area (Å²) in [6, 6.07) is 16.3. The molecule has 18 heavy (non-hydrogen) atoms. The molecule has 0 unspecified atom stereocenters. The Bertz CT molecular complexity index is 598. The molecule has 2 aromatic rings. The predicted molar refractivity (Wildman–Crippen MR) is 74.8 cm³/mol. The van der Waals surface area contributed by atoms with Gasteiger partial charge in [-0.05, 0) is 24.6 Å². The summed E-state index contributed by atoms with van der Waals surface area (Å²) in [5.41, 5.74) is 4.07. The zero-order chi connectivity index (χ0) is 12.2. The van der Waals surface area contributed by atoms with Crippen molar-refractivity contribution < 1.29 is 0 Å². The van der Waals surface area contributed by atoms with Crippen molar-refractivity contribution in [3.8, 4) is 11.3 Å². The molecule has 0 spiro atoms. The third kappa shape index (κ3) is 2.23. The van der Waals surface area contributed by atoms with Gasteiger partial charge in [-0.3, -0.25) is 4.99 Å². The van der Waals surface area contributed by atoms with Crippen LogP contribution in [-0.4, -0.2) is 17.2 Å². The summed E-state index contributed by atoms with van der Waals surface area (Å²) in [5.74, 6) is 0. The first-order valence-corrected chi connectivity index (χ1v) is 6.17. The molecule has 0 saturated heterocycles. The van der Waals surface area contributed by atoms with Crippen LogP contribution < -0.4 is 0 Å². The summed E-state index contributed by atoms with van der Waals surface area (Å²) in [7, 11) is 0. The lowest BCUT2D eigenvalue weighted by Gasteiger charge is -2.07. The van der Waals surface area contributed by atoms with Crippen LogP contribution in [-0.2, 0) is 0 Å². The summed E-state index contributed by atoms with van der Waals surface area (Å²) in [6.07, 6.45) is 5.24. The van der Waals surface area contributed by atoms with Crippen LogP contribution >= 0.6 is 0 Å². The van der Waals surface area contributed by atoms with E-state index in [1.54, 1.807) is 0 Å². The third-order valence-corrected chi connectivity index (χ3v) is 2.93. The summed E-state index contributed by atoms with van der Waals surface area (Å²) in [4.78, 5) is 9.19. The Morgan fingerprint density at radius 3 is 2.44 bits per heavy atom. The molecule has 1 aliphatic heterocycles. The van der Waals surface area contributed by atoms with Gasteiger partial charge in [0, 0.05) is 12.1 Å². The van der Waals surface area contributed by atoms with Gasteiger partial charge in [0.15, 0.2) is 0 Å². The molecule has 1 aromatic carbocycles. The quantitative estimate of drug-likeness (QED) is 0.780. The van der Waals surface area contributed by atoms with Crippen molar-refractivity contribution in [2.24, 2.45) is 4.99 Å². The van der Waals surface area contributed by atoms with Crippen LogP contribution in [0.4, 0.5) is 0 Å². The highest BCUT2D eigenvalue weighted by molar-refractivity contribution is 6.07. The van der Waals surface area contributed by atoms with Gasteiger partial charge in [-0.25, -0.2) is 4.98 Å². The van der Waals surface area contributed by atoms with E-state index in [0.717, 1.165) is 35.6 Å². The minimum Gasteiger partial charge on any atom is -0.283 e. The molecule has 0 radical (unpaired) electrons. The van der Waals surface area contributed by atoms with Crippen molar-refractivity contribution in [2.45, 2.75) is 6.42 Å². The van der Waals surface area contributed by atoms with Gasteiger partial charge < -0.3 is 0 Å². The first kappa shape index (κ1) is 10.9. The Hall–Kier alpha value is -2.22. The first-order chi connectivity index (χ1) is 8.93.